The van der Waals surface area contributed by atoms with E-state index in [1.165, 1.54) is 11.1 Å². The maximum atomic E-state index is 10.5. The van der Waals surface area contributed by atoms with Crippen molar-refractivity contribution in [3.63, 3.8) is 0 Å². The van der Waals surface area contributed by atoms with E-state index < -0.39 is 5.60 Å². The summed E-state index contributed by atoms with van der Waals surface area (Å²) in [4.78, 5) is 2.55. The molecule has 0 saturated carbocycles. The van der Waals surface area contributed by atoms with Gasteiger partial charge in [0, 0.05) is 19.1 Å². The SMILES string of the molecule is CCC1(O)CCN2CCc3ccccc3C2C1. The Morgan fingerprint density at radius 1 is 1.35 bits per heavy atom. The monoisotopic (exact) mass is 231 g/mol. The Morgan fingerprint density at radius 3 is 3.00 bits per heavy atom. The molecular formula is C15H21NO. The molecule has 1 N–H and O–H groups in total. The average Bonchev–Trinajstić information content (AvgIpc) is 2.39. The minimum Gasteiger partial charge on any atom is -0.390 e. The van der Waals surface area contributed by atoms with Gasteiger partial charge >= 0.3 is 0 Å². The van der Waals surface area contributed by atoms with Crippen molar-refractivity contribution in [2.75, 3.05) is 13.1 Å². The molecule has 0 aliphatic carbocycles. The first-order valence-electron chi connectivity index (χ1n) is 6.76. The van der Waals surface area contributed by atoms with Gasteiger partial charge in [0.15, 0.2) is 0 Å². The van der Waals surface area contributed by atoms with E-state index in [1.807, 2.05) is 0 Å². The highest BCUT2D eigenvalue weighted by Gasteiger charge is 2.39. The molecule has 1 fully saturated rings. The van der Waals surface area contributed by atoms with Gasteiger partial charge in [-0.25, -0.2) is 0 Å². The largest absolute Gasteiger partial charge is 0.390 e. The lowest BCUT2D eigenvalue weighted by Gasteiger charge is -2.46. The number of benzene rings is 1. The van der Waals surface area contributed by atoms with Gasteiger partial charge in [-0.15, -0.1) is 0 Å². The lowest BCUT2D eigenvalue weighted by Crippen LogP contribution is -2.48. The lowest BCUT2D eigenvalue weighted by molar-refractivity contribution is -0.0529. The molecule has 0 radical (unpaired) electrons. The van der Waals surface area contributed by atoms with Crippen LogP contribution in [0.5, 0.6) is 0 Å². The summed E-state index contributed by atoms with van der Waals surface area (Å²) in [5, 5.41) is 10.5. The molecule has 2 aliphatic rings. The number of piperidine rings is 1. The Bertz CT molecular complexity index is 417. The van der Waals surface area contributed by atoms with Crippen LogP contribution in [0.1, 0.15) is 43.4 Å². The van der Waals surface area contributed by atoms with Crippen LogP contribution in [0.4, 0.5) is 0 Å². The predicted octanol–water partition coefficient (Wildman–Crippen LogP) is 2.52. The molecule has 2 heteroatoms. The number of fused-ring (bicyclic) bond motifs is 3. The second kappa shape index (κ2) is 4.11. The Kier molecular flexibility index (Phi) is 2.72. The zero-order valence-corrected chi connectivity index (χ0v) is 10.5. The number of hydrogen-bond donors (Lipinski definition) is 1. The van der Waals surface area contributed by atoms with E-state index in [1.54, 1.807) is 0 Å². The van der Waals surface area contributed by atoms with Crippen molar-refractivity contribution >= 4 is 0 Å². The van der Waals surface area contributed by atoms with Gasteiger partial charge in [-0.3, -0.25) is 4.90 Å². The van der Waals surface area contributed by atoms with Gasteiger partial charge in [-0.1, -0.05) is 31.2 Å². The van der Waals surface area contributed by atoms with E-state index in [9.17, 15) is 5.11 Å². The molecule has 0 bridgehead atoms. The van der Waals surface area contributed by atoms with Crippen LogP contribution in [0.15, 0.2) is 24.3 Å². The molecular weight excluding hydrogens is 210 g/mol. The standard InChI is InChI=1S/C15H21NO/c1-2-15(17)8-10-16-9-7-12-5-3-4-6-13(12)14(16)11-15/h3-6,14,17H,2,7-11H2,1H3. The van der Waals surface area contributed by atoms with Crippen LogP contribution < -0.4 is 0 Å². The Balaban J connectivity index is 1.94. The average molecular weight is 231 g/mol. The number of aliphatic hydroxyl groups is 1. The van der Waals surface area contributed by atoms with Gasteiger partial charge in [0.25, 0.3) is 0 Å². The molecule has 1 aromatic rings. The summed E-state index contributed by atoms with van der Waals surface area (Å²) in [6, 6.07) is 9.18. The summed E-state index contributed by atoms with van der Waals surface area (Å²) in [6.07, 6.45) is 3.87. The zero-order chi connectivity index (χ0) is 11.9. The highest BCUT2D eigenvalue weighted by molar-refractivity contribution is 5.33. The Hall–Kier alpha value is -0.860. The first-order chi connectivity index (χ1) is 8.22. The highest BCUT2D eigenvalue weighted by Crippen LogP contribution is 2.41. The number of hydrogen-bond acceptors (Lipinski definition) is 2. The van der Waals surface area contributed by atoms with Gasteiger partial charge in [0.1, 0.15) is 0 Å². The summed E-state index contributed by atoms with van der Waals surface area (Å²) < 4.78 is 0. The maximum absolute atomic E-state index is 10.5. The molecule has 17 heavy (non-hydrogen) atoms. The van der Waals surface area contributed by atoms with E-state index in [-0.39, 0.29) is 0 Å². The summed E-state index contributed by atoms with van der Waals surface area (Å²) in [5.41, 5.74) is 2.49. The van der Waals surface area contributed by atoms with Gasteiger partial charge in [0.05, 0.1) is 5.60 Å². The van der Waals surface area contributed by atoms with Gasteiger partial charge in [0.2, 0.25) is 0 Å². The van der Waals surface area contributed by atoms with Crippen molar-refractivity contribution in [3.05, 3.63) is 35.4 Å². The van der Waals surface area contributed by atoms with Crippen LogP contribution in [-0.4, -0.2) is 28.7 Å². The molecule has 0 spiro atoms. The fourth-order valence-electron chi connectivity index (χ4n) is 3.35. The van der Waals surface area contributed by atoms with E-state index in [4.69, 9.17) is 0 Å². The number of nitrogens with zero attached hydrogens (tertiary/aromatic N) is 1. The third-order valence-electron chi connectivity index (χ3n) is 4.62. The summed E-state index contributed by atoms with van der Waals surface area (Å²) in [6.45, 7) is 4.30. The zero-order valence-electron chi connectivity index (χ0n) is 10.5. The molecule has 0 amide bonds. The first kappa shape index (κ1) is 11.2. The smallest absolute Gasteiger partial charge is 0.0675 e. The quantitative estimate of drug-likeness (QED) is 0.803. The molecule has 1 aromatic carbocycles. The van der Waals surface area contributed by atoms with Crippen LogP contribution in [0.2, 0.25) is 0 Å². The van der Waals surface area contributed by atoms with E-state index in [2.05, 4.69) is 36.1 Å². The van der Waals surface area contributed by atoms with Crippen LogP contribution in [0, 0.1) is 0 Å². The van der Waals surface area contributed by atoms with E-state index >= 15 is 0 Å². The molecule has 3 rings (SSSR count). The lowest BCUT2D eigenvalue weighted by atomic mass is 9.78. The summed E-state index contributed by atoms with van der Waals surface area (Å²) >= 11 is 0. The van der Waals surface area contributed by atoms with Crippen molar-refractivity contribution in [3.8, 4) is 0 Å². The fraction of sp³-hybridized carbons (Fsp3) is 0.600. The van der Waals surface area contributed by atoms with Gasteiger partial charge in [-0.05, 0) is 36.8 Å². The van der Waals surface area contributed by atoms with E-state index in [0.717, 1.165) is 38.8 Å². The van der Waals surface area contributed by atoms with Crippen molar-refractivity contribution in [2.24, 2.45) is 0 Å². The summed E-state index contributed by atoms with van der Waals surface area (Å²) in [7, 11) is 0. The molecule has 1 saturated heterocycles. The molecule has 2 nitrogen and oxygen atoms in total. The first-order valence-corrected chi connectivity index (χ1v) is 6.76. The number of rotatable bonds is 1. The van der Waals surface area contributed by atoms with Crippen molar-refractivity contribution in [1.82, 2.24) is 4.90 Å². The van der Waals surface area contributed by atoms with Gasteiger partial charge < -0.3 is 5.11 Å². The van der Waals surface area contributed by atoms with Crippen molar-refractivity contribution in [2.45, 2.75) is 44.2 Å². The van der Waals surface area contributed by atoms with Crippen LogP contribution >= 0.6 is 0 Å². The third kappa shape index (κ3) is 1.90. The fourth-order valence-corrected chi connectivity index (χ4v) is 3.35. The van der Waals surface area contributed by atoms with Crippen molar-refractivity contribution in [1.29, 1.82) is 0 Å². The van der Waals surface area contributed by atoms with Gasteiger partial charge in [-0.2, -0.15) is 0 Å². The Morgan fingerprint density at radius 2 is 2.18 bits per heavy atom. The Labute approximate surface area is 103 Å². The van der Waals surface area contributed by atoms with Crippen LogP contribution in [-0.2, 0) is 6.42 Å². The second-order valence-electron chi connectivity index (χ2n) is 5.53. The molecule has 2 atom stereocenters. The molecule has 92 valence electrons. The third-order valence-corrected chi connectivity index (χ3v) is 4.62. The minimum atomic E-state index is -0.439. The normalized spacial score (nSPS) is 32.9. The minimum absolute atomic E-state index is 0.439. The molecule has 2 heterocycles. The predicted molar refractivity (Wildman–Crippen MR) is 68.9 cm³/mol. The highest BCUT2D eigenvalue weighted by atomic mass is 16.3. The van der Waals surface area contributed by atoms with Crippen LogP contribution in [0.25, 0.3) is 0 Å². The molecule has 2 unspecified atom stereocenters. The van der Waals surface area contributed by atoms with Crippen molar-refractivity contribution < 1.29 is 5.11 Å². The second-order valence-corrected chi connectivity index (χ2v) is 5.53. The molecule has 0 aromatic heterocycles. The van der Waals surface area contributed by atoms with Crippen LogP contribution in [0.3, 0.4) is 0 Å². The molecule has 2 aliphatic heterocycles. The van der Waals surface area contributed by atoms with E-state index in [0.29, 0.717) is 6.04 Å². The topological polar surface area (TPSA) is 23.5 Å². The maximum Gasteiger partial charge on any atom is 0.0675 e. The summed E-state index contributed by atoms with van der Waals surface area (Å²) in [5.74, 6) is 0.